The van der Waals surface area contributed by atoms with Gasteiger partial charge in [-0.2, -0.15) is 13.2 Å². The quantitative estimate of drug-likeness (QED) is 0.235. The number of nitrogens with one attached hydrogen (secondary N) is 3. The van der Waals surface area contributed by atoms with Crippen LogP contribution in [0, 0.1) is 35.3 Å². The van der Waals surface area contributed by atoms with E-state index in [0.717, 1.165) is 49.8 Å². The van der Waals surface area contributed by atoms with Crippen LogP contribution in [0.5, 0.6) is 0 Å². The van der Waals surface area contributed by atoms with Gasteiger partial charge in [-0.1, -0.05) is 91.9 Å². The third kappa shape index (κ3) is 17.9. The number of fused-ring (bicyclic) bond motifs is 2. The van der Waals surface area contributed by atoms with Gasteiger partial charge < -0.3 is 60.0 Å². The number of hydrogen-bond donors (Lipinski definition) is 3. The van der Waals surface area contributed by atoms with Crippen molar-refractivity contribution < 1.29 is 79.5 Å². The highest BCUT2D eigenvalue weighted by Crippen LogP contribution is 2.39. The average molecular weight is 1430 g/mol. The van der Waals surface area contributed by atoms with Crippen molar-refractivity contribution in [3.05, 3.63) is 34.9 Å². The molecule has 0 aromatic heterocycles. The van der Waals surface area contributed by atoms with Crippen LogP contribution in [0.4, 0.5) is 22.0 Å². The third-order valence-corrected chi connectivity index (χ3v) is 22.9. The Kier molecular flexibility index (Phi) is 26.5. The summed E-state index contributed by atoms with van der Waals surface area (Å²) in [6.07, 6.45) is 2.87. The molecule has 24 nitrogen and oxygen atoms in total. The van der Waals surface area contributed by atoms with E-state index in [0.29, 0.717) is 63.7 Å². The highest BCUT2D eigenvalue weighted by atomic mass is 19.4. The molecule has 1 aromatic rings. The second-order valence-electron chi connectivity index (χ2n) is 30.2. The van der Waals surface area contributed by atoms with Crippen LogP contribution in [0.2, 0.25) is 0 Å². The van der Waals surface area contributed by atoms with E-state index >= 15 is 28.0 Å². The van der Waals surface area contributed by atoms with E-state index < -0.39 is 192 Å². The number of hydrogen-bond acceptors (Lipinski definition) is 12. The van der Waals surface area contributed by atoms with Gasteiger partial charge in [0.05, 0.1) is 13.0 Å². The summed E-state index contributed by atoms with van der Waals surface area (Å²) in [6.45, 7) is 8.87. The number of likely N-dealkylation sites (N-methyl/N-ethyl adjacent to an activating group) is 6. The molecule has 29 heteroatoms. The maximum Gasteiger partial charge on any atom is 0.422 e. The molecule has 4 aliphatic heterocycles. The Hall–Kier alpha value is -7.49. The lowest BCUT2D eigenvalue weighted by molar-refractivity contribution is -0.160. The summed E-state index contributed by atoms with van der Waals surface area (Å²) in [5.74, 6) is -13.1. The van der Waals surface area contributed by atoms with Gasteiger partial charge in [0, 0.05) is 68.5 Å². The van der Waals surface area contributed by atoms with E-state index in [9.17, 15) is 51.5 Å². The molecule has 7 aliphatic rings. The first-order valence-corrected chi connectivity index (χ1v) is 36.6. The number of nitrogens with zero attached hydrogens (tertiary/aromatic N) is 9. The fraction of sp³-hybridized carbons (Fsp3) is 0.750. The highest BCUT2D eigenvalue weighted by molar-refractivity contribution is 6.01. The molecule has 8 rings (SSSR count). The Labute approximate surface area is 590 Å². The van der Waals surface area contributed by atoms with Crippen molar-refractivity contribution in [3.8, 4) is 0 Å². The number of amides is 12. The van der Waals surface area contributed by atoms with Crippen molar-refractivity contribution in [3.63, 3.8) is 0 Å². The number of rotatable bonds is 11. The molecule has 1 spiro atoms. The molecule has 3 aliphatic carbocycles. The van der Waals surface area contributed by atoms with Gasteiger partial charge in [-0.25, -0.2) is 8.78 Å². The van der Waals surface area contributed by atoms with Gasteiger partial charge in [0.25, 0.3) is 0 Å². The minimum Gasteiger partial charge on any atom is -0.343 e. The largest absolute Gasteiger partial charge is 0.422 e. The molecule has 0 unspecified atom stereocenters. The number of halogens is 5. The van der Waals surface area contributed by atoms with Crippen molar-refractivity contribution in [2.24, 2.45) is 23.7 Å². The molecular formula is C72H107F5N12O12. The zero-order valence-corrected chi connectivity index (χ0v) is 60.8. The summed E-state index contributed by atoms with van der Waals surface area (Å²) in [5, 5.41) is 8.57. The Bertz CT molecular complexity index is 3220. The molecule has 562 valence electrons. The van der Waals surface area contributed by atoms with Crippen molar-refractivity contribution >= 4 is 70.9 Å². The molecule has 3 N–H and O–H groups in total. The maximum absolute atomic E-state index is 15.6. The van der Waals surface area contributed by atoms with Gasteiger partial charge in [0.2, 0.25) is 70.9 Å². The number of carbonyl (C=O) groups excluding carboxylic acids is 12. The van der Waals surface area contributed by atoms with Crippen LogP contribution in [0.15, 0.2) is 12.1 Å². The fourth-order valence-corrected chi connectivity index (χ4v) is 16.1. The van der Waals surface area contributed by atoms with Crippen LogP contribution in [0.25, 0.3) is 0 Å². The van der Waals surface area contributed by atoms with Gasteiger partial charge in [-0.15, -0.1) is 0 Å². The van der Waals surface area contributed by atoms with Gasteiger partial charge in [-0.05, 0) is 125 Å². The molecule has 0 bridgehead atoms. The standard InChI is InChI=1S/C72H107F5N12O12/c1-12-43(4)59-68(99)82(7)44(5)63(94)89-35-29-52(89)66(97)84(9)54(39-45-22-14-13-15-23-45)65(96)81(6)41-56(90)78-50(28-27-46-37-48(73)58(49(74)38-46)72(75,76)77)64(95)88-34-20-26-51(88)62(93)80-71(30-18-19-31-71)70(101)86(11)60(47-24-16-17-25-47)69(100)85(10)55(67(98)87-32-21-33-87)40-57(91)83(8)53(36-42(2)3)61(92)79-59/h37-38,42-45,47,50-55,59-60H,12-36,39-41H2,1-11H3,(H,78,90)(H,79,92)(H,80,93)/t43-,44-,50-,51-,52-,53-,54-,55-,59-,60-/m0/s1. The smallest absolute Gasteiger partial charge is 0.343 e. The lowest BCUT2D eigenvalue weighted by atomic mass is 9.84. The molecule has 3 saturated carbocycles. The average Bonchev–Trinajstić information content (AvgIpc) is 1.75. The molecular weight excluding hydrogens is 1320 g/mol. The Morgan fingerprint density at radius 2 is 1.23 bits per heavy atom. The third-order valence-electron chi connectivity index (χ3n) is 22.9. The molecule has 0 radical (unpaired) electrons. The van der Waals surface area contributed by atoms with Crippen molar-refractivity contribution in [1.29, 1.82) is 0 Å². The van der Waals surface area contributed by atoms with Crippen LogP contribution >= 0.6 is 0 Å². The van der Waals surface area contributed by atoms with Gasteiger partial charge in [0.1, 0.15) is 77.1 Å². The normalized spacial score (nSPS) is 28.3. The first-order valence-electron chi connectivity index (χ1n) is 36.6. The van der Waals surface area contributed by atoms with E-state index in [4.69, 9.17) is 0 Å². The minimum absolute atomic E-state index is 0.0200. The van der Waals surface area contributed by atoms with Crippen LogP contribution in [-0.4, -0.2) is 250 Å². The lowest BCUT2D eigenvalue weighted by Crippen LogP contribution is -2.65. The summed E-state index contributed by atoms with van der Waals surface area (Å²) in [4.78, 5) is 191. The summed E-state index contributed by atoms with van der Waals surface area (Å²) in [7, 11) is 8.50. The fourth-order valence-electron chi connectivity index (χ4n) is 16.1. The van der Waals surface area contributed by atoms with Crippen molar-refractivity contribution in [1.82, 2.24) is 60.0 Å². The predicted molar refractivity (Wildman–Crippen MR) is 362 cm³/mol. The van der Waals surface area contributed by atoms with Crippen LogP contribution in [0.3, 0.4) is 0 Å². The van der Waals surface area contributed by atoms with E-state index in [-0.39, 0.29) is 75.4 Å². The highest BCUT2D eigenvalue weighted by Gasteiger charge is 2.53. The number of alkyl halides is 3. The van der Waals surface area contributed by atoms with Crippen LogP contribution in [-0.2, 0) is 70.1 Å². The van der Waals surface area contributed by atoms with E-state index in [1.165, 1.54) is 88.4 Å². The summed E-state index contributed by atoms with van der Waals surface area (Å²) in [5.41, 5.74) is -4.04. The monoisotopic (exact) mass is 1430 g/mol. The molecule has 7 fully saturated rings. The number of benzene rings is 1. The van der Waals surface area contributed by atoms with Crippen molar-refractivity contribution in [2.45, 2.75) is 248 Å². The molecule has 4 heterocycles. The second kappa shape index (κ2) is 33.7. The Morgan fingerprint density at radius 3 is 1.79 bits per heavy atom. The molecule has 4 saturated heterocycles. The topological polar surface area (TPSA) is 270 Å². The van der Waals surface area contributed by atoms with Gasteiger partial charge >= 0.3 is 6.18 Å². The minimum atomic E-state index is -5.38. The molecule has 101 heavy (non-hydrogen) atoms. The summed E-state index contributed by atoms with van der Waals surface area (Å²) in [6, 6.07) is -10.4. The molecule has 1 aromatic carbocycles. The van der Waals surface area contributed by atoms with E-state index in [1.54, 1.807) is 6.92 Å². The van der Waals surface area contributed by atoms with Gasteiger partial charge in [-0.3, -0.25) is 57.5 Å². The van der Waals surface area contributed by atoms with E-state index in [2.05, 4.69) is 16.0 Å². The van der Waals surface area contributed by atoms with Crippen LogP contribution < -0.4 is 16.0 Å². The van der Waals surface area contributed by atoms with E-state index in [1.807, 2.05) is 20.8 Å². The number of carbonyl (C=O) groups is 12. The predicted octanol–water partition coefficient (Wildman–Crippen LogP) is 5.41. The Balaban J connectivity index is 1.18. The zero-order valence-electron chi connectivity index (χ0n) is 60.8. The number of aryl methyl sites for hydroxylation is 1. The maximum atomic E-state index is 15.6. The summed E-state index contributed by atoms with van der Waals surface area (Å²) < 4.78 is 71.4. The molecule has 12 amide bonds. The number of likely N-dealkylation sites (tertiary alicyclic amines) is 1. The second-order valence-corrected chi connectivity index (χ2v) is 30.2. The first-order chi connectivity index (χ1) is 47.6. The van der Waals surface area contributed by atoms with Gasteiger partial charge in [0.15, 0.2) is 0 Å². The Morgan fingerprint density at radius 1 is 0.614 bits per heavy atom. The molecule has 10 atom stereocenters. The van der Waals surface area contributed by atoms with Crippen molar-refractivity contribution in [2.75, 3.05) is 75.0 Å². The first kappa shape index (κ1) is 79.2. The zero-order chi connectivity index (χ0) is 74.3. The van der Waals surface area contributed by atoms with Crippen LogP contribution in [0.1, 0.15) is 187 Å². The SMILES string of the molecule is CC[C@H](C)[C@@H]1NC(=O)[C@H](CC(C)C)N(C)C(=O)C[C@@H](C(=O)N2CCC2)N(C)C(=O)[C@H](C2CCCC2)N(C)C(=O)C2(CCCC2)NC(=O)[C@@H]2CCCN2C(=O)[C@H](CCc2cc(F)c(C(F)(F)F)c(F)c2)NC(=O)CN(C)C(=O)[C@H](CC2CCCCC2)N(C)C(=O)[C@@H]2CCN2C(=O)[C@H](C)N(C)C1=O. The lowest BCUT2D eigenvalue weighted by Gasteiger charge is -2.45. The summed E-state index contributed by atoms with van der Waals surface area (Å²) >= 11 is 0.